The second kappa shape index (κ2) is 9.86. The Morgan fingerprint density at radius 2 is 1.61 bits per heavy atom. The Bertz CT molecular complexity index is 1220. The summed E-state index contributed by atoms with van der Waals surface area (Å²) in [6.07, 6.45) is 5.16. The fourth-order valence-corrected chi connectivity index (χ4v) is 3.31. The predicted molar refractivity (Wildman–Crippen MR) is 126 cm³/mol. The first kappa shape index (κ1) is 21.9. The number of hydrogen-bond donors (Lipinski definition) is 1. The Kier molecular flexibility index (Phi) is 6.54. The molecule has 0 aliphatic rings. The van der Waals surface area contributed by atoms with Crippen molar-refractivity contribution in [3.63, 3.8) is 0 Å². The summed E-state index contributed by atoms with van der Waals surface area (Å²) in [5.74, 6) is 3.42. The first-order valence-electron chi connectivity index (χ1n) is 10.2. The van der Waals surface area contributed by atoms with Crippen LogP contribution in [-0.4, -0.2) is 36.3 Å². The quantitative estimate of drug-likeness (QED) is 0.386. The standard InChI is InChI=1S/C25H24N4O4/c1-16-7-8-20(24(28-16)17-6-5-10-26-15-17)33-19-9-11-27-23(14-19)29-18-12-21(30-2)25(32-4)22(13-18)31-3/h5-15H,1-4H3,(H,27,29). The van der Waals surface area contributed by atoms with E-state index in [1.165, 1.54) is 0 Å². The van der Waals surface area contributed by atoms with E-state index < -0.39 is 0 Å². The van der Waals surface area contributed by atoms with Gasteiger partial charge in [-0.3, -0.25) is 4.98 Å². The van der Waals surface area contributed by atoms with E-state index >= 15 is 0 Å². The molecule has 3 aromatic heterocycles. The average molecular weight is 444 g/mol. The summed E-state index contributed by atoms with van der Waals surface area (Å²) in [5.41, 5.74) is 3.21. The lowest BCUT2D eigenvalue weighted by atomic mass is 10.1. The van der Waals surface area contributed by atoms with Crippen LogP contribution in [0.5, 0.6) is 28.7 Å². The van der Waals surface area contributed by atoms with Crippen molar-refractivity contribution < 1.29 is 18.9 Å². The molecule has 0 atom stereocenters. The van der Waals surface area contributed by atoms with Crippen LogP contribution >= 0.6 is 0 Å². The number of pyridine rings is 3. The summed E-state index contributed by atoms with van der Waals surface area (Å²) in [5, 5.41) is 3.25. The lowest BCUT2D eigenvalue weighted by Crippen LogP contribution is -1.99. The van der Waals surface area contributed by atoms with Crippen LogP contribution in [0.15, 0.2) is 67.1 Å². The summed E-state index contributed by atoms with van der Waals surface area (Å²) >= 11 is 0. The van der Waals surface area contributed by atoms with Crippen LogP contribution in [0.2, 0.25) is 0 Å². The molecule has 1 aromatic carbocycles. The van der Waals surface area contributed by atoms with E-state index in [0.29, 0.717) is 34.6 Å². The van der Waals surface area contributed by atoms with E-state index in [-0.39, 0.29) is 0 Å². The number of benzene rings is 1. The molecule has 0 saturated carbocycles. The molecule has 168 valence electrons. The number of hydrogen-bond acceptors (Lipinski definition) is 8. The molecule has 0 spiro atoms. The van der Waals surface area contributed by atoms with Crippen molar-refractivity contribution >= 4 is 11.5 Å². The van der Waals surface area contributed by atoms with Crippen LogP contribution in [0.3, 0.4) is 0 Å². The van der Waals surface area contributed by atoms with Crippen molar-refractivity contribution in [2.45, 2.75) is 6.92 Å². The number of methoxy groups -OCH3 is 3. The Morgan fingerprint density at radius 3 is 2.27 bits per heavy atom. The van der Waals surface area contributed by atoms with Gasteiger partial charge in [0.2, 0.25) is 5.75 Å². The maximum Gasteiger partial charge on any atom is 0.203 e. The van der Waals surface area contributed by atoms with Crippen molar-refractivity contribution in [2.24, 2.45) is 0 Å². The van der Waals surface area contributed by atoms with E-state index in [4.69, 9.17) is 18.9 Å². The highest BCUT2D eigenvalue weighted by Crippen LogP contribution is 2.40. The van der Waals surface area contributed by atoms with Crippen molar-refractivity contribution in [1.29, 1.82) is 0 Å². The van der Waals surface area contributed by atoms with Gasteiger partial charge >= 0.3 is 0 Å². The molecule has 0 unspecified atom stereocenters. The zero-order valence-corrected chi connectivity index (χ0v) is 18.8. The van der Waals surface area contributed by atoms with E-state index in [1.807, 2.05) is 31.2 Å². The molecule has 0 bridgehead atoms. The van der Waals surface area contributed by atoms with Crippen LogP contribution in [-0.2, 0) is 0 Å². The summed E-state index contributed by atoms with van der Waals surface area (Å²) < 4.78 is 22.4. The van der Waals surface area contributed by atoms with Crippen LogP contribution in [0, 0.1) is 6.92 Å². The molecular formula is C25H24N4O4. The third-order valence-corrected chi connectivity index (χ3v) is 4.83. The van der Waals surface area contributed by atoms with Gasteiger partial charge in [0.1, 0.15) is 17.3 Å². The molecule has 8 heteroatoms. The molecule has 0 fully saturated rings. The van der Waals surface area contributed by atoms with Crippen molar-refractivity contribution in [3.05, 3.63) is 72.8 Å². The van der Waals surface area contributed by atoms with Gasteiger partial charge in [-0.2, -0.15) is 0 Å². The van der Waals surface area contributed by atoms with Crippen LogP contribution in [0.4, 0.5) is 11.5 Å². The smallest absolute Gasteiger partial charge is 0.203 e. The lowest BCUT2D eigenvalue weighted by molar-refractivity contribution is 0.324. The van der Waals surface area contributed by atoms with Gasteiger partial charge in [0.05, 0.1) is 21.3 Å². The molecule has 4 aromatic rings. The molecule has 0 aliphatic heterocycles. The molecule has 4 rings (SSSR count). The zero-order valence-electron chi connectivity index (χ0n) is 18.8. The Morgan fingerprint density at radius 1 is 0.818 bits per heavy atom. The van der Waals surface area contributed by atoms with Crippen LogP contribution in [0.25, 0.3) is 11.3 Å². The lowest BCUT2D eigenvalue weighted by Gasteiger charge is -2.15. The SMILES string of the molecule is COc1cc(Nc2cc(Oc3ccc(C)nc3-c3cccnc3)ccn2)cc(OC)c1OC. The number of rotatable bonds is 8. The number of nitrogens with zero attached hydrogens (tertiary/aromatic N) is 3. The Hall–Kier alpha value is -4.33. The maximum atomic E-state index is 6.18. The van der Waals surface area contributed by atoms with Crippen molar-refractivity contribution in [3.8, 4) is 40.0 Å². The summed E-state index contributed by atoms with van der Waals surface area (Å²) in [6.45, 7) is 1.94. The minimum Gasteiger partial charge on any atom is -0.493 e. The fourth-order valence-electron chi connectivity index (χ4n) is 3.31. The normalized spacial score (nSPS) is 10.4. The Balaban J connectivity index is 1.62. The van der Waals surface area contributed by atoms with Crippen molar-refractivity contribution in [1.82, 2.24) is 15.0 Å². The molecule has 0 aliphatic carbocycles. The zero-order chi connectivity index (χ0) is 23.2. The van der Waals surface area contributed by atoms with Gasteiger partial charge < -0.3 is 24.3 Å². The second-order valence-electron chi connectivity index (χ2n) is 7.06. The maximum absolute atomic E-state index is 6.18. The molecule has 0 saturated heterocycles. The number of nitrogens with one attached hydrogen (secondary N) is 1. The van der Waals surface area contributed by atoms with E-state index in [9.17, 15) is 0 Å². The third-order valence-electron chi connectivity index (χ3n) is 4.83. The van der Waals surface area contributed by atoms with Crippen LogP contribution < -0.4 is 24.3 Å². The highest BCUT2D eigenvalue weighted by molar-refractivity contribution is 5.68. The fraction of sp³-hybridized carbons (Fsp3) is 0.160. The van der Waals surface area contributed by atoms with E-state index in [2.05, 4.69) is 20.3 Å². The molecule has 0 radical (unpaired) electrons. The topological polar surface area (TPSA) is 87.6 Å². The number of aromatic nitrogens is 3. The number of aryl methyl sites for hydroxylation is 1. The van der Waals surface area contributed by atoms with Gasteiger partial charge in [-0.05, 0) is 37.3 Å². The van der Waals surface area contributed by atoms with Gasteiger partial charge in [0.25, 0.3) is 0 Å². The van der Waals surface area contributed by atoms with Crippen molar-refractivity contribution in [2.75, 3.05) is 26.6 Å². The second-order valence-corrected chi connectivity index (χ2v) is 7.06. The number of ether oxygens (including phenoxy) is 4. The number of anilines is 2. The molecule has 3 heterocycles. The molecule has 8 nitrogen and oxygen atoms in total. The molecular weight excluding hydrogens is 420 g/mol. The van der Waals surface area contributed by atoms with Gasteiger partial charge in [0, 0.05) is 53.7 Å². The molecule has 33 heavy (non-hydrogen) atoms. The first-order valence-corrected chi connectivity index (χ1v) is 10.2. The van der Waals surface area contributed by atoms with Gasteiger partial charge in [-0.1, -0.05) is 0 Å². The first-order chi connectivity index (χ1) is 16.1. The molecule has 1 N–H and O–H groups in total. The van der Waals surface area contributed by atoms with Crippen LogP contribution in [0.1, 0.15) is 5.69 Å². The minimum absolute atomic E-state index is 0.519. The van der Waals surface area contributed by atoms with E-state index in [1.54, 1.807) is 64.2 Å². The monoisotopic (exact) mass is 444 g/mol. The Labute approximate surface area is 192 Å². The molecule has 0 amide bonds. The average Bonchev–Trinajstić information content (AvgIpc) is 2.85. The summed E-state index contributed by atoms with van der Waals surface area (Å²) in [7, 11) is 4.71. The van der Waals surface area contributed by atoms with Gasteiger partial charge in [0.15, 0.2) is 17.2 Å². The third kappa shape index (κ3) is 4.95. The van der Waals surface area contributed by atoms with Gasteiger partial charge in [-0.25, -0.2) is 9.97 Å². The van der Waals surface area contributed by atoms with Gasteiger partial charge in [-0.15, -0.1) is 0 Å². The highest BCUT2D eigenvalue weighted by atomic mass is 16.5. The predicted octanol–water partition coefficient (Wildman–Crippen LogP) is 5.41. The highest BCUT2D eigenvalue weighted by Gasteiger charge is 2.14. The summed E-state index contributed by atoms with van der Waals surface area (Å²) in [6, 6.07) is 14.8. The minimum atomic E-state index is 0.519. The summed E-state index contributed by atoms with van der Waals surface area (Å²) in [4.78, 5) is 13.2. The largest absolute Gasteiger partial charge is 0.493 e. The van der Waals surface area contributed by atoms with E-state index in [0.717, 1.165) is 22.6 Å².